The maximum atomic E-state index is 12.1. The molecule has 2 N–H and O–H groups in total. The molecule has 0 aromatic heterocycles. The monoisotopic (exact) mass is 414 g/mol. The molecule has 0 aliphatic carbocycles. The first-order chi connectivity index (χ1) is 14.6. The Bertz CT molecular complexity index is 767. The van der Waals surface area contributed by atoms with Crippen molar-refractivity contribution in [1.29, 1.82) is 0 Å². The normalized spacial score (nSPS) is 10.6. The van der Waals surface area contributed by atoms with Gasteiger partial charge in [0.1, 0.15) is 11.5 Å². The van der Waals surface area contributed by atoms with Crippen molar-refractivity contribution in [3.05, 3.63) is 59.7 Å². The van der Waals surface area contributed by atoms with Gasteiger partial charge in [0.25, 0.3) is 0 Å². The first-order valence-corrected chi connectivity index (χ1v) is 10.5. The van der Waals surface area contributed by atoms with Crippen LogP contribution in [0.5, 0.6) is 11.5 Å². The molecular weight excluding hydrogens is 384 g/mol. The Kier molecular flexibility index (Phi) is 10.4. The zero-order valence-corrected chi connectivity index (χ0v) is 17.2. The van der Waals surface area contributed by atoms with Crippen molar-refractivity contribution in [2.75, 3.05) is 13.2 Å². The molecule has 0 aliphatic heterocycles. The highest BCUT2D eigenvalue weighted by Crippen LogP contribution is 2.17. The van der Waals surface area contributed by atoms with E-state index < -0.39 is 11.9 Å². The Morgan fingerprint density at radius 3 is 1.77 bits per heavy atom. The van der Waals surface area contributed by atoms with Crippen molar-refractivity contribution < 1.29 is 29.3 Å². The van der Waals surface area contributed by atoms with Gasteiger partial charge in [-0.1, -0.05) is 38.5 Å². The summed E-state index contributed by atoms with van der Waals surface area (Å²) >= 11 is 0. The highest BCUT2D eigenvalue weighted by Gasteiger charge is 2.11. The Hall–Kier alpha value is -2.86. The summed E-state index contributed by atoms with van der Waals surface area (Å²) in [6, 6.07) is 12.0. The lowest BCUT2D eigenvalue weighted by Crippen LogP contribution is -2.09. The predicted molar refractivity (Wildman–Crippen MR) is 114 cm³/mol. The summed E-state index contributed by atoms with van der Waals surface area (Å²) in [4.78, 5) is 24.1. The van der Waals surface area contributed by atoms with Crippen LogP contribution in [0, 0.1) is 0 Å². The van der Waals surface area contributed by atoms with Crippen LogP contribution in [0.15, 0.2) is 48.5 Å². The molecule has 0 saturated heterocycles. The number of ether oxygens (including phenoxy) is 2. The van der Waals surface area contributed by atoms with E-state index in [-0.39, 0.29) is 12.4 Å². The molecule has 30 heavy (non-hydrogen) atoms. The maximum absolute atomic E-state index is 12.1. The highest BCUT2D eigenvalue weighted by molar-refractivity contribution is 5.92. The fourth-order valence-electron chi connectivity index (χ4n) is 2.95. The molecule has 2 rings (SSSR count). The standard InChI is InChI=1S/C24H30O6/c25-17-7-5-3-1-2-4-6-8-18-29-23(27)19-11-15-22(16-12-19)30-24(28)20-9-13-21(26)14-10-20/h9-16,25-26H,1-8,17-18H2. The number of aromatic hydroxyl groups is 1. The summed E-state index contributed by atoms with van der Waals surface area (Å²) in [5.41, 5.74) is 0.727. The summed E-state index contributed by atoms with van der Waals surface area (Å²) in [6.07, 6.45) is 8.48. The van der Waals surface area contributed by atoms with Gasteiger partial charge < -0.3 is 19.7 Å². The van der Waals surface area contributed by atoms with Gasteiger partial charge in [-0.3, -0.25) is 0 Å². The van der Waals surface area contributed by atoms with E-state index in [0.29, 0.717) is 23.5 Å². The average molecular weight is 414 g/mol. The minimum Gasteiger partial charge on any atom is -0.508 e. The van der Waals surface area contributed by atoms with E-state index in [1.165, 1.54) is 37.1 Å². The molecule has 0 spiro atoms. The first-order valence-electron chi connectivity index (χ1n) is 10.5. The van der Waals surface area contributed by atoms with Crippen molar-refractivity contribution in [1.82, 2.24) is 0 Å². The summed E-state index contributed by atoms with van der Waals surface area (Å²) in [7, 11) is 0. The van der Waals surface area contributed by atoms with Crippen LogP contribution in [0.2, 0.25) is 0 Å². The van der Waals surface area contributed by atoms with Crippen LogP contribution in [0.25, 0.3) is 0 Å². The largest absolute Gasteiger partial charge is 0.508 e. The number of hydrogen-bond donors (Lipinski definition) is 2. The number of carbonyl (C=O) groups excluding carboxylic acids is 2. The van der Waals surface area contributed by atoms with Crippen molar-refractivity contribution in [3.8, 4) is 11.5 Å². The lowest BCUT2D eigenvalue weighted by atomic mass is 10.1. The number of esters is 2. The van der Waals surface area contributed by atoms with E-state index in [0.717, 1.165) is 38.5 Å². The van der Waals surface area contributed by atoms with Gasteiger partial charge >= 0.3 is 11.9 Å². The third-order valence-corrected chi connectivity index (χ3v) is 4.69. The van der Waals surface area contributed by atoms with Gasteiger partial charge in [-0.25, -0.2) is 9.59 Å². The number of benzene rings is 2. The number of aliphatic hydroxyl groups excluding tert-OH is 1. The Morgan fingerprint density at radius 2 is 1.17 bits per heavy atom. The van der Waals surface area contributed by atoms with Crippen molar-refractivity contribution in [3.63, 3.8) is 0 Å². The summed E-state index contributed by atoms with van der Waals surface area (Å²) in [5, 5.41) is 18.0. The van der Waals surface area contributed by atoms with Gasteiger partial charge in [0.15, 0.2) is 0 Å². The van der Waals surface area contributed by atoms with E-state index in [9.17, 15) is 14.7 Å². The fourth-order valence-corrected chi connectivity index (χ4v) is 2.95. The molecule has 162 valence electrons. The zero-order chi connectivity index (χ0) is 21.6. The van der Waals surface area contributed by atoms with Crippen LogP contribution in [0.4, 0.5) is 0 Å². The Morgan fingerprint density at radius 1 is 0.667 bits per heavy atom. The summed E-state index contributed by atoms with van der Waals surface area (Å²) in [6.45, 7) is 0.667. The maximum Gasteiger partial charge on any atom is 0.343 e. The van der Waals surface area contributed by atoms with E-state index >= 15 is 0 Å². The smallest absolute Gasteiger partial charge is 0.343 e. The number of phenols is 1. The van der Waals surface area contributed by atoms with Gasteiger partial charge in [0.05, 0.1) is 17.7 Å². The second-order valence-electron chi connectivity index (χ2n) is 7.15. The average Bonchev–Trinajstić information content (AvgIpc) is 2.76. The second kappa shape index (κ2) is 13.4. The first kappa shape index (κ1) is 23.4. The van der Waals surface area contributed by atoms with Gasteiger partial charge in [-0.2, -0.15) is 0 Å². The number of rotatable bonds is 13. The Balaban J connectivity index is 1.63. The van der Waals surface area contributed by atoms with Crippen LogP contribution < -0.4 is 4.74 Å². The van der Waals surface area contributed by atoms with E-state index in [4.69, 9.17) is 14.6 Å². The highest BCUT2D eigenvalue weighted by atomic mass is 16.5. The molecule has 0 fully saturated rings. The summed E-state index contributed by atoms with van der Waals surface area (Å²) in [5.74, 6) is -0.540. The molecule has 0 bridgehead atoms. The molecule has 0 heterocycles. The molecule has 0 radical (unpaired) electrons. The van der Waals surface area contributed by atoms with E-state index in [2.05, 4.69) is 0 Å². The number of aliphatic hydroxyl groups is 1. The van der Waals surface area contributed by atoms with Gasteiger partial charge in [0.2, 0.25) is 0 Å². The van der Waals surface area contributed by atoms with Crippen LogP contribution in [0.3, 0.4) is 0 Å². The van der Waals surface area contributed by atoms with Gasteiger partial charge in [-0.15, -0.1) is 0 Å². The molecule has 2 aromatic carbocycles. The zero-order valence-electron chi connectivity index (χ0n) is 17.2. The van der Waals surface area contributed by atoms with Crippen molar-refractivity contribution in [2.45, 2.75) is 51.4 Å². The van der Waals surface area contributed by atoms with Crippen LogP contribution in [0.1, 0.15) is 72.1 Å². The molecule has 6 heteroatoms. The number of hydrogen-bond acceptors (Lipinski definition) is 6. The van der Waals surface area contributed by atoms with Gasteiger partial charge in [0, 0.05) is 6.61 Å². The fraction of sp³-hybridized carbons (Fsp3) is 0.417. The number of carbonyl (C=O) groups is 2. The third-order valence-electron chi connectivity index (χ3n) is 4.69. The van der Waals surface area contributed by atoms with Crippen molar-refractivity contribution in [2.24, 2.45) is 0 Å². The van der Waals surface area contributed by atoms with E-state index in [1.54, 1.807) is 24.3 Å². The molecule has 0 atom stereocenters. The van der Waals surface area contributed by atoms with Gasteiger partial charge in [-0.05, 0) is 61.4 Å². The van der Waals surface area contributed by atoms with Crippen molar-refractivity contribution >= 4 is 11.9 Å². The molecule has 0 amide bonds. The molecule has 6 nitrogen and oxygen atoms in total. The lowest BCUT2D eigenvalue weighted by molar-refractivity contribution is 0.0497. The minimum atomic E-state index is -0.543. The van der Waals surface area contributed by atoms with Crippen LogP contribution in [-0.4, -0.2) is 35.4 Å². The molecular formula is C24H30O6. The molecule has 2 aromatic rings. The second-order valence-corrected chi connectivity index (χ2v) is 7.15. The van der Waals surface area contributed by atoms with E-state index in [1.807, 2.05) is 0 Å². The molecule has 0 saturated carbocycles. The topological polar surface area (TPSA) is 93.1 Å². The van der Waals surface area contributed by atoms with Crippen LogP contribution >= 0.6 is 0 Å². The lowest BCUT2D eigenvalue weighted by Gasteiger charge is -2.07. The quantitative estimate of drug-likeness (QED) is 0.276. The molecule has 0 aliphatic rings. The number of unbranched alkanes of at least 4 members (excludes halogenated alkanes) is 7. The third kappa shape index (κ3) is 8.66. The SMILES string of the molecule is O=C(OCCCCCCCCCCO)c1ccc(OC(=O)c2ccc(O)cc2)cc1. The summed E-state index contributed by atoms with van der Waals surface area (Å²) < 4.78 is 10.5. The minimum absolute atomic E-state index is 0.0728. The van der Waals surface area contributed by atoms with Crippen LogP contribution in [-0.2, 0) is 4.74 Å². The molecule has 0 unspecified atom stereocenters. The Labute approximate surface area is 177 Å². The number of phenolic OH excluding ortho intramolecular Hbond substituents is 1. The predicted octanol–water partition coefficient (Wildman–Crippen LogP) is 4.88.